The van der Waals surface area contributed by atoms with Crippen molar-refractivity contribution in [1.29, 1.82) is 0 Å². The highest BCUT2D eigenvalue weighted by Gasteiger charge is 2.18. The van der Waals surface area contributed by atoms with Crippen LogP contribution in [-0.2, 0) is 24.3 Å². The highest BCUT2D eigenvalue weighted by molar-refractivity contribution is 7.89. The molecule has 0 saturated carbocycles. The summed E-state index contributed by atoms with van der Waals surface area (Å²) in [5, 5.41) is 6.31. The number of rotatable bonds is 7. The van der Waals surface area contributed by atoms with Gasteiger partial charge in [0, 0.05) is 25.9 Å². The number of benzene rings is 1. The van der Waals surface area contributed by atoms with Gasteiger partial charge in [0.05, 0.1) is 4.90 Å². The maximum absolute atomic E-state index is 12.2. The fourth-order valence-electron chi connectivity index (χ4n) is 2.01. The second kappa shape index (κ2) is 8.94. The summed E-state index contributed by atoms with van der Waals surface area (Å²) in [4.78, 5) is 23.7. The first-order valence-corrected chi connectivity index (χ1v) is 10.3. The van der Waals surface area contributed by atoms with Crippen LogP contribution >= 0.6 is 11.3 Å². The van der Waals surface area contributed by atoms with Crippen LogP contribution < -0.4 is 5.32 Å². The van der Waals surface area contributed by atoms with E-state index in [1.165, 1.54) is 43.6 Å². The van der Waals surface area contributed by atoms with E-state index >= 15 is 0 Å². The van der Waals surface area contributed by atoms with Crippen LogP contribution in [0.2, 0.25) is 0 Å². The molecule has 2 rings (SSSR count). The molecule has 1 aromatic carbocycles. The summed E-state index contributed by atoms with van der Waals surface area (Å²) in [6, 6.07) is 6.29. The van der Waals surface area contributed by atoms with Crippen molar-refractivity contribution >= 4 is 45.0 Å². The molecule has 9 heteroatoms. The number of carbonyl (C=O) groups is 2. The largest absolute Gasteiger partial charge is 0.452 e. The first-order chi connectivity index (χ1) is 12.7. The smallest absolute Gasteiger partial charge is 0.331 e. The van der Waals surface area contributed by atoms with Gasteiger partial charge in [-0.15, -0.1) is 0 Å². The Balaban J connectivity index is 1.98. The number of hydrogen-bond acceptors (Lipinski definition) is 6. The summed E-state index contributed by atoms with van der Waals surface area (Å²) in [6.07, 6.45) is 2.83. The number of sulfonamides is 1. The van der Waals surface area contributed by atoms with Crippen LogP contribution in [0.25, 0.3) is 6.08 Å². The van der Waals surface area contributed by atoms with Crippen molar-refractivity contribution in [2.75, 3.05) is 26.0 Å². The quantitative estimate of drug-likeness (QED) is 0.561. The van der Waals surface area contributed by atoms with Crippen LogP contribution in [0.5, 0.6) is 0 Å². The van der Waals surface area contributed by atoms with Crippen LogP contribution in [0.15, 0.2) is 46.0 Å². The lowest BCUT2D eigenvalue weighted by Crippen LogP contribution is -2.23. The molecule has 0 aliphatic rings. The van der Waals surface area contributed by atoms with E-state index in [1.54, 1.807) is 19.1 Å². The summed E-state index contributed by atoms with van der Waals surface area (Å²) in [7, 11) is -0.764. The maximum Gasteiger partial charge on any atom is 0.331 e. The number of aryl methyl sites for hydroxylation is 1. The lowest BCUT2D eigenvalue weighted by atomic mass is 10.2. The van der Waals surface area contributed by atoms with Crippen molar-refractivity contribution in [2.24, 2.45) is 0 Å². The number of thiophene rings is 1. The number of amides is 1. The van der Waals surface area contributed by atoms with Crippen molar-refractivity contribution in [1.82, 2.24) is 4.31 Å². The first-order valence-electron chi connectivity index (χ1n) is 7.90. The standard InChI is InChI=1S/C18H20N2O5S2/c1-13-4-6-15(27(23,24)20(2)3)10-16(13)19-17(21)11-25-18(22)7-5-14-8-9-26-12-14/h4-10,12H,11H2,1-3H3,(H,19,21)/b7-5+. The van der Waals surface area contributed by atoms with Crippen molar-refractivity contribution in [3.05, 3.63) is 52.2 Å². The molecule has 0 aliphatic carbocycles. The van der Waals surface area contributed by atoms with Crippen molar-refractivity contribution in [2.45, 2.75) is 11.8 Å². The molecule has 0 fully saturated rings. The van der Waals surface area contributed by atoms with Gasteiger partial charge in [-0.25, -0.2) is 17.5 Å². The van der Waals surface area contributed by atoms with E-state index in [4.69, 9.17) is 4.74 Å². The minimum atomic E-state index is -3.62. The van der Waals surface area contributed by atoms with Gasteiger partial charge < -0.3 is 10.1 Å². The minimum Gasteiger partial charge on any atom is -0.452 e. The van der Waals surface area contributed by atoms with Gasteiger partial charge in [-0.1, -0.05) is 6.07 Å². The van der Waals surface area contributed by atoms with E-state index in [2.05, 4.69) is 5.32 Å². The van der Waals surface area contributed by atoms with Crippen LogP contribution in [0.1, 0.15) is 11.1 Å². The second-order valence-electron chi connectivity index (χ2n) is 5.81. The summed E-state index contributed by atoms with van der Waals surface area (Å²) < 4.78 is 30.4. The van der Waals surface area contributed by atoms with E-state index < -0.39 is 28.5 Å². The van der Waals surface area contributed by atoms with Gasteiger partial charge in [-0.2, -0.15) is 11.3 Å². The van der Waals surface area contributed by atoms with Crippen molar-refractivity contribution in [3.8, 4) is 0 Å². The van der Waals surface area contributed by atoms with Crippen LogP contribution in [-0.4, -0.2) is 45.3 Å². The molecule has 0 atom stereocenters. The highest BCUT2D eigenvalue weighted by Crippen LogP contribution is 2.22. The number of nitrogens with zero attached hydrogens (tertiary/aromatic N) is 1. The zero-order valence-corrected chi connectivity index (χ0v) is 16.8. The molecule has 1 aromatic heterocycles. The monoisotopic (exact) mass is 408 g/mol. The van der Waals surface area contributed by atoms with Crippen LogP contribution in [0, 0.1) is 6.92 Å². The third kappa shape index (κ3) is 5.75. The van der Waals surface area contributed by atoms with Gasteiger partial charge in [0.2, 0.25) is 10.0 Å². The summed E-state index contributed by atoms with van der Waals surface area (Å²) in [5.74, 6) is -1.20. The first kappa shape index (κ1) is 20.8. The Bertz CT molecular complexity index is 948. The second-order valence-corrected chi connectivity index (χ2v) is 8.74. The Morgan fingerprint density at radius 3 is 2.63 bits per heavy atom. The van der Waals surface area contributed by atoms with Gasteiger partial charge >= 0.3 is 5.97 Å². The van der Waals surface area contributed by atoms with Crippen molar-refractivity contribution in [3.63, 3.8) is 0 Å². The minimum absolute atomic E-state index is 0.0593. The molecule has 1 N–H and O–H groups in total. The predicted molar refractivity (Wildman–Crippen MR) is 105 cm³/mol. The normalized spacial score (nSPS) is 11.7. The third-order valence-electron chi connectivity index (χ3n) is 3.56. The topological polar surface area (TPSA) is 92.8 Å². The molecule has 2 aromatic rings. The zero-order valence-electron chi connectivity index (χ0n) is 15.1. The molecule has 0 unspecified atom stereocenters. The maximum atomic E-state index is 12.2. The molecule has 0 aliphatic heterocycles. The number of anilines is 1. The van der Waals surface area contributed by atoms with Crippen LogP contribution in [0.3, 0.4) is 0 Å². The molecule has 7 nitrogen and oxygen atoms in total. The predicted octanol–water partition coefficient (Wildman–Crippen LogP) is 2.50. The molecule has 0 bridgehead atoms. The van der Waals surface area contributed by atoms with Gasteiger partial charge in [-0.3, -0.25) is 4.79 Å². The Morgan fingerprint density at radius 2 is 2.00 bits per heavy atom. The fourth-order valence-corrected chi connectivity index (χ4v) is 3.57. The van der Waals surface area contributed by atoms with Gasteiger partial charge in [-0.05, 0) is 53.1 Å². The zero-order chi connectivity index (χ0) is 20.0. The van der Waals surface area contributed by atoms with Crippen LogP contribution in [0.4, 0.5) is 5.69 Å². The van der Waals surface area contributed by atoms with E-state index in [9.17, 15) is 18.0 Å². The van der Waals surface area contributed by atoms with E-state index in [0.717, 1.165) is 9.87 Å². The lowest BCUT2D eigenvalue weighted by Gasteiger charge is -2.14. The Morgan fingerprint density at radius 1 is 1.26 bits per heavy atom. The Labute approximate surface area is 162 Å². The molecular formula is C18H20N2O5S2. The number of carbonyl (C=O) groups excluding carboxylic acids is 2. The lowest BCUT2D eigenvalue weighted by molar-refractivity contribution is -0.142. The molecule has 1 amide bonds. The Hall–Kier alpha value is -2.49. The summed E-state index contributed by atoms with van der Waals surface area (Å²) in [5.41, 5.74) is 1.90. The summed E-state index contributed by atoms with van der Waals surface area (Å²) >= 11 is 1.50. The number of esters is 1. The highest BCUT2D eigenvalue weighted by atomic mass is 32.2. The fraction of sp³-hybridized carbons (Fsp3) is 0.222. The van der Waals surface area contributed by atoms with E-state index in [0.29, 0.717) is 11.3 Å². The number of hydrogen-bond donors (Lipinski definition) is 1. The average molecular weight is 409 g/mol. The molecular weight excluding hydrogens is 388 g/mol. The molecule has 0 spiro atoms. The van der Waals surface area contributed by atoms with E-state index in [-0.39, 0.29) is 4.90 Å². The molecule has 27 heavy (non-hydrogen) atoms. The summed E-state index contributed by atoms with van der Waals surface area (Å²) in [6.45, 7) is 1.26. The van der Waals surface area contributed by atoms with Gasteiger partial charge in [0.15, 0.2) is 6.61 Å². The van der Waals surface area contributed by atoms with Gasteiger partial charge in [0.25, 0.3) is 5.91 Å². The molecule has 1 heterocycles. The van der Waals surface area contributed by atoms with E-state index in [1.807, 2.05) is 16.8 Å². The SMILES string of the molecule is Cc1ccc(S(=O)(=O)N(C)C)cc1NC(=O)COC(=O)/C=C/c1ccsc1. The van der Waals surface area contributed by atoms with Gasteiger partial charge in [0.1, 0.15) is 0 Å². The third-order valence-corrected chi connectivity index (χ3v) is 6.07. The molecule has 0 saturated heterocycles. The Kier molecular flexibility index (Phi) is 6.89. The molecule has 144 valence electrons. The average Bonchev–Trinajstić information content (AvgIpc) is 3.13. The molecule has 0 radical (unpaired) electrons. The van der Waals surface area contributed by atoms with Crippen molar-refractivity contribution < 1.29 is 22.7 Å². The number of nitrogens with one attached hydrogen (secondary N) is 1. The number of ether oxygens (including phenoxy) is 1.